The zero-order valence-corrected chi connectivity index (χ0v) is 14.3. The molecule has 2 N–H and O–H groups in total. The van der Waals surface area contributed by atoms with E-state index in [0.29, 0.717) is 10.8 Å². The Labute approximate surface area is 140 Å². The van der Waals surface area contributed by atoms with Crippen LogP contribution in [0.3, 0.4) is 0 Å². The zero-order chi connectivity index (χ0) is 17.5. The van der Waals surface area contributed by atoms with Gasteiger partial charge >= 0.3 is 0 Å². The van der Waals surface area contributed by atoms with Gasteiger partial charge in [0.1, 0.15) is 0 Å². The molecule has 1 unspecified atom stereocenters. The van der Waals surface area contributed by atoms with Crippen LogP contribution in [0.4, 0.5) is 0 Å². The van der Waals surface area contributed by atoms with Crippen LogP contribution in [0.1, 0.15) is 46.0 Å². The summed E-state index contributed by atoms with van der Waals surface area (Å²) in [5.74, 6) is -0.111. The highest BCUT2D eigenvalue weighted by Crippen LogP contribution is 2.04. The number of aromatic amines is 1. The van der Waals surface area contributed by atoms with Gasteiger partial charge in [0.2, 0.25) is 5.91 Å². The molecule has 1 heterocycles. The lowest BCUT2D eigenvalue weighted by Crippen LogP contribution is -2.35. The Morgan fingerprint density at radius 3 is 2.62 bits per heavy atom. The molecule has 0 aliphatic carbocycles. The maximum Gasteiger partial charge on any atom is 0.273 e. The monoisotopic (exact) mass is 331 g/mol. The molecule has 130 valence electrons. The van der Waals surface area contributed by atoms with Crippen molar-refractivity contribution in [2.24, 2.45) is 0 Å². The van der Waals surface area contributed by atoms with Crippen molar-refractivity contribution in [1.82, 2.24) is 15.1 Å². The molecule has 1 atom stereocenters. The van der Waals surface area contributed by atoms with Gasteiger partial charge in [-0.15, -0.1) is 0 Å². The standard InChI is InChI=1S/C18H25N3O3/c1-3-4-5-8-13(2)19-16(22)11-12-21-18(24)15-10-7-6-9-14(15)17(23)20-21/h6-7,9-10,13H,3-5,8,11-12H2,1-2H3,(H,19,22)(H,20,23). The molecule has 0 radical (unpaired) electrons. The second kappa shape index (κ2) is 8.47. The van der Waals surface area contributed by atoms with E-state index in [1.807, 2.05) is 6.92 Å². The van der Waals surface area contributed by atoms with Crippen molar-refractivity contribution in [3.63, 3.8) is 0 Å². The fourth-order valence-electron chi connectivity index (χ4n) is 2.74. The average Bonchev–Trinajstić information content (AvgIpc) is 2.57. The summed E-state index contributed by atoms with van der Waals surface area (Å²) in [5.41, 5.74) is -0.604. The number of rotatable bonds is 8. The van der Waals surface area contributed by atoms with Crippen LogP contribution in [0, 0.1) is 0 Å². The number of nitrogens with one attached hydrogen (secondary N) is 2. The summed E-state index contributed by atoms with van der Waals surface area (Å²) < 4.78 is 1.21. The third kappa shape index (κ3) is 4.57. The van der Waals surface area contributed by atoms with Crippen molar-refractivity contribution < 1.29 is 4.79 Å². The van der Waals surface area contributed by atoms with Crippen LogP contribution in [0.2, 0.25) is 0 Å². The predicted octanol–water partition coefficient (Wildman–Crippen LogP) is 2.16. The second-order valence-corrected chi connectivity index (χ2v) is 6.16. The zero-order valence-electron chi connectivity index (χ0n) is 14.3. The third-order valence-corrected chi connectivity index (χ3v) is 4.09. The van der Waals surface area contributed by atoms with E-state index in [0.717, 1.165) is 25.7 Å². The summed E-state index contributed by atoms with van der Waals surface area (Å²) in [7, 11) is 0. The Bertz CT molecular complexity index is 807. The average molecular weight is 331 g/mol. The quantitative estimate of drug-likeness (QED) is 0.727. The number of H-pyrrole nitrogens is 1. The van der Waals surface area contributed by atoms with E-state index in [2.05, 4.69) is 17.3 Å². The lowest BCUT2D eigenvalue weighted by atomic mass is 10.1. The van der Waals surface area contributed by atoms with E-state index in [1.165, 1.54) is 4.68 Å². The van der Waals surface area contributed by atoms with Crippen molar-refractivity contribution >= 4 is 16.7 Å². The molecule has 0 saturated heterocycles. The maximum atomic E-state index is 12.4. The number of benzene rings is 1. The van der Waals surface area contributed by atoms with Gasteiger partial charge in [0.05, 0.1) is 17.3 Å². The molecule has 0 saturated carbocycles. The number of fused-ring (bicyclic) bond motifs is 1. The molecule has 0 aliphatic heterocycles. The van der Waals surface area contributed by atoms with Crippen molar-refractivity contribution in [2.45, 2.75) is 58.5 Å². The fourth-order valence-corrected chi connectivity index (χ4v) is 2.74. The first-order valence-corrected chi connectivity index (χ1v) is 8.54. The van der Waals surface area contributed by atoms with Crippen molar-refractivity contribution in [3.05, 3.63) is 45.0 Å². The Morgan fingerprint density at radius 1 is 1.21 bits per heavy atom. The molecular weight excluding hydrogens is 306 g/mol. The third-order valence-electron chi connectivity index (χ3n) is 4.09. The highest BCUT2D eigenvalue weighted by molar-refractivity contribution is 5.80. The smallest absolute Gasteiger partial charge is 0.273 e. The van der Waals surface area contributed by atoms with E-state index in [4.69, 9.17) is 0 Å². The summed E-state index contributed by atoms with van der Waals surface area (Å²) in [5, 5.41) is 6.21. The van der Waals surface area contributed by atoms with E-state index < -0.39 is 0 Å². The first-order chi connectivity index (χ1) is 11.5. The Balaban J connectivity index is 1.98. The van der Waals surface area contributed by atoms with Crippen LogP contribution in [0.25, 0.3) is 10.8 Å². The number of hydrogen-bond acceptors (Lipinski definition) is 3. The van der Waals surface area contributed by atoms with Gasteiger partial charge in [0.15, 0.2) is 0 Å². The molecule has 1 aromatic heterocycles. The number of carbonyl (C=O) groups excluding carboxylic acids is 1. The largest absolute Gasteiger partial charge is 0.354 e. The lowest BCUT2D eigenvalue weighted by Gasteiger charge is -2.14. The Morgan fingerprint density at radius 2 is 1.92 bits per heavy atom. The predicted molar refractivity (Wildman–Crippen MR) is 95.2 cm³/mol. The molecule has 0 spiro atoms. The molecule has 6 nitrogen and oxygen atoms in total. The van der Waals surface area contributed by atoms with Crippen LogP contribution in [0.15, 0.2) is 33.9 Å². The summed E-state index contributed by atoms with van der Waals surface area (Å²) in [4.78, 5) is 36.4. The summed E-state index contributed by atoms with van der Waals surface area (Å²) in [6.45, 7) is 4.29. The number of unbranched alkanes of at least 4 members (excludes halogenated alkanes) is 2. The highest BCUT2D eigenvalue weighted by atomic mass is 16.2. The highest BCUT2D eigenvalue weighted by Gasteiger charge is 2.10. The maximum absolute atomic E-state index is 12.4. The van der Waals surface area contributed by atoms with E-state index in [9.17, 15) is 14.4 Å². The Kier molecular flexibility index (Phi) is 6.35. The summed E-state index contributed by atoms with van der Waals surface area (Å²) in [6, 6.07) is 6.80. The summed E-state index contributed by atoms with van der Waals surface area (Å²) in [6.07, 6.45) is 4.51. The first-order valence-electron chi connectivity index (χ1n) is 8.54. The van der Waals surface area contributed by atoms with Crippen molar-refractivity contribution in [3.8, 4) is 0 Å². The normalized spacial score (nSPS) is 12.2. The molecule has 2 rings (SSSR count). The van der Waals surface area contributed by atoms with Crippen molar-refractivity contribution in [2.75, 3.05) is 0 Å². The van der Waals surface area contributed by atoms with E-state index in [-0.39, 0.29) is 36.0 Å². The number of carbonyl (C=O) groups is 1. The molecular formula is C18H25N3O3. The van der Waals surface area contributed by atoms with Gasteiger partial charge in [0, 0.05) is 12.5 Å². The van der Waals surface area contributed by atoms with Crippen molar-refractivity contribution in [1.29, 1.82) is 0 Å². The summed E-state index contributed by atoms with van der Waals surface area (Å²) >= 11 is 0. The molecule has 2 aromatic rings. The van der Waals surface area contributed by atoms with Gasteiger partial charge in [-0.1, -0.05) is 38.3 Å². The van der Waals surface area contributed by atoms with Crippen LogP contribution in [-0.2, 0) is 11.3 Å². The van der Waals surface area contributed by atoms with Crippen LogP contribution < -0.4 is 16.4 Å². The van der Waals surface area contributed by atoms with Gasteiger partial charge in [0.25, 0.3) is 11.1 Å². The number of hydrogen-bond donors (Lipinski definition) is 2. The minimum absolute atomic E-state index is 0.111. The number of aryl methyl sites for hydroxylation is 1. The van der Waals surface area contributed by atoms with E-state index >= 15 is 0 Å². The SMILES string of the molecule is CCCCCC(C)NC(=O)CCn1[nH]c(=O)c2ccccc2c1=O. The Hall–Kier alpha value is -2.37. The van der Waals surface area contributed by atoms with Crippen LogP contribution >= 0.6 is 0 Å². The minimum atomic E-state index is -0.321. The topological polar surface area (TPSA) is 84.0 Å². The number of amides is 1. The van der Waals surface area contributed by atoms with Gasteiger partial charge in [-0.25, -0.2) is 4.68 Å². The second-order valence-electron chi connectivity index (χ2n) is 6.16. The number of nitrogens with zero attached hydrogens (tertiary/aromatic N) is 1. The fraction of sp³-hybridized carbons (Fsp3) is 0.500. The minimum Gasteiger partial charge on any atom is -0.354 e. The number of aromatic nitrogens is 2. The molecule has 0 bridgehead atoms. The molecule has 1 amide bonds. The molecule has 6 heteroatoms. The molecule has 0 fully saturated rings. The first kappa shape index (κ1) is 18.0. The van der Waals surface area contributed by atoms with Gasteiger partial charge < -0.3 is 5.32 Å². The molecule has 1 aromatic carbocycles. The van der Waals surface area contributed by atoms with Gasteiger partial charge in [-0.2, -0.15) is 0 Å². The van der Waals surface area contributed by atoms with Crippen LogP contribution in [-0.4, -0.2) is 21.7 Å². The van der Waals surface area contributed by atoms with Crippen LogP contribution in [0.5, 0.6) is 0 Å². The van der Waals surface area contributed by atoms with Gasteiger partial charge in [-0.05, 0) is 25.5 Å². The molecule has 24 heavy (non-hydrogen) atoms. The van der Waals surface area contributed by atoms with E-state index in [1.54, 1.807) is 24.3 Å². The molecule has 0 aliphatic rings. The lowest BCUT2D eigenvalue weighted by molar-refractivity contribution is -0.122. The van der Waals surface area contributed by atoms with Gasteiger partial charge in [-0.3, -0.25) is 19.5 Å².